The molecule has 4 nitrogen and oxygen atoms in total. The van der Waals surface area contributed by atoms with Crippen molar-refractivity contribution in [3.63, 3.8) is 0 Å². The molecule has 1 aromatic rings. The van der Waals surface area contributed by atoms with E-state index in [9.17, 15) is 4.79 Å². The Morgan fingerprint density at radius 1 is 1.47 bits per heavy atom. The van der Waals surface area contributed by atoms with E-state index in [0.717, 1.165) is 18.9 Å². The maximum absolute atomic E-state index is 11.8. The second-order valence-electron chi connectivity index (χ2n) is 5.21. The lowest BCUT2D eigenvalue weighted by Crippen LogP contribution is -2.23. The molecule has 2 rings (SSSR count). The Kier molecular flexibility index (Phi) is 5.25. The highest BCUT2D eigenvalue weighted by atomic mass is 35.5. The monoisotopic (exact) mass is 283 g/mol. The highest BCUT2D eigenvalue weighted by Gasteiger charge is 2.14. The van der Waals surface area contributed by atoms with Crippen molar-refractivity contribution in [1.82, 2.24) is 9.78 Å². The minimum atomic E-state index is -0.218. The number of halogens is 1. The van der Waals surface area contributed by atoms with E-state index in [2.05, 4.69) is 10.4 Å². The molecule has 1 aromatic heterocycles. The zero-order valence-electron chi connectivity index (χ0n) is 11.5. The first-order chi connectivity index (χ1) is 9.22. The van der Waals surface area contributed by atoms with Crippen LogP contribution < -0.4 is 10.9 Å². The summed E-state index contributed by atoms with van der Waals surface area (Å²) in [5, 5.41) is 7.54. The van der Waals surface area contributed by atoms with Gasteiger partial charge in [0.25, 0.3) is 5.56 Å². The SMILES string of the molecule is CCn1ncc(NCCCC2CCCC2)c(Cl)c1=O. The fourth-order valence-corrected chi connectivity index (χ4v) is 2.94. The van der Waals surface area contributed by atoms with Crippen LogP contribution in [0.15, 0.2) is 11.0 Å². The van der Waals surface area contributed by atoms with Crippen molar-refractivity contribution in [2.24, 2.45) is 5.92 Å². The first-order valence-corrected chi connectivity index (χ1v) is 7.59. The van der Waals surface area contributed by atoms with Gasteiger partial charge >= 0.3 is 0 Å². The molecular weight excluding hydrogens is 262 g/mol. The summed E-state index contributed by atoms with van der Waals surface area (Å²) in [6, 6.07) is 0. The molecule has 0 atom stereocenters. The number of nitrogens with one attached hydrogen (secondary N) is 1. The second-order valence-corrected chi connectivity index (χ2v) is 5.59. The molecule has 0 saturated heterocycles. The Morgan fingerprint density at radius 2 is 2.21 bits per heavy atom. The first-order valence-electron chi connectivity index (χ1n) is 7.22. The van der Waals surface area contributed by atoms with E-state index in [-0.39, 0.29) is 10.6 Å². The van der Waals surface area contributed by atoms with E-state index in [1.807, 2.05) is 6.92 Å². The Labute approximate surface area is 119 Å². The Balaban J connectivity index is 1.82. The summed E-state index contributed by atoms with van der Waals surface area (Å²) in [6.45, 7) is 3.27. The molecule has 0 spiro atoms. The van der Waals surface area contributed by atoms with Gasteiger partial charge in [-0.1, -0.05) is 37.3 Å². The Hall–Kier alpha value is -1.03. The van der Waals surface area contributed by atoms with E-state index in [1.165, 1.54) is 36.8 Å². The number of hydrogen-bond donors (Lipinski definition) is 1. The zero-order valence-corrected chi connectivity index (χ0v) is 12.2. The summed E-state index contributed by atoms with van der Waals surface area (Å²) in [4.78, 5) is 11.8. The molecule has 1 heterocycles. The van der Waals surface area contributed by atoms with Gasteiger partial charge in [-0.25, -0.2) is 4.68 Å². The minimum Gasteiger partial charge on any atom is -0.382 e. The summed E-state index contributed by atoms with van der Waals surface area (Å²) >= 11 is 6.05. The van der Waals surface area contributed by atoms with Crippen molar-refractivity contribution >= 4 is 17.3 Å². The predicted octanol–water partition coefficient (Wildman–Crippen LogP) is 3.30. The topological polar surface area (TPSA) is 46.9 Å². The predicted molar refractivity (Wildman–Crippen MR) is 78.9 cm³/mol. The van der Waals surface area contributed by atoms with Crippen LogP contribution in [0.25, 0.3) is 0 Å². The number of hydrogen-bond acceptors (Lipinski definition) is 3. The Morgan fingerprint density at radius 3 is 2.89 bits per heavy atom. The third-order valence-corrected chi connectivity index (χ3v) is 4.23. The van der Waals surface area contributed by atoms with Crippen LogP contribution in [0.1, 0.15) is 45.4 Å². The van der Waals surface area contributed by atoms with Crippen molar-refractivity contribution < 1.29 is 0 Å². The first kappa shape index (κ1) is 14.4. The molecule has 0 amide bonds. The van der Waals surface area contributed by atoms with Crippen LogP contribution in [0.4, 0.5) is 5.69 Å². The molecular formula is C14H22ClN3O. The zero-order chi connectivity index (χ0) is 13.7. The van der Waals surface area contributed by atoms with Crippen LogP contribution in [0.3, 0.4) is 0 Å². The second kappa shape index (κ2) is 6.94. The lowest BCUT2D eigenvalue weighted by molar-refractivity contribution is 0.491. The van der Waals surface area contributed by atoms with Gasteiger partial charge in [0.1, 0.15) is 5.02 Å². The van der Waals surface area contributed by atoms with E-state index in [4.69, 9.17) is 11.6 Å². The van der Waals surface area contributed by atoms with Crippen molar-refractivity contribution in [3.8, 4) is 0 Å². The highest BCUT2D eigenvalue weighted by Crippen LogP contribution is 2.28. The van der Waals surface area contributed by atoms with Gasteiger partial charge in [-0.05, 0) is 25.7 Å². The van der Waals surface area contributed by atoms with Crippen LogP contribution in [-0.2, 0) is 6.54 Å². The van der Waals surface area contributed by atoms with Gasteiger partial charge in [-0.2, -0.15) is 5.10 Å². The highest BCUT2D eigenvalue weighted by molar-refractivity contribution is 6.32. The lowest BCUT2D eigenvalue weighted by Gasteiger charge is -2.11. The van der Waals surface area contributed by atoms with Gasteiger partial charge in [-0.3, -0.25) is 4.79 Å². The van der Waals surface area contributed by atoms with Gasteiger partial charge in [-0.15, -0.1) is 0 Å². The van der Waals surface area contributed by atoms with Gasteiger partial charge < -0.3 is 5.32 Å². The van der Waals surface area contributed by atoms with E-state index >= 15 is 0 Å². The average Bonchev–Trinajstić information content (AvgIpc) is 2.92. The molecule has 0 bridgehead atoms. The van der Waals surface area contributed by atoms with Crippen LogP contribution >= 0.6 is 11.6 Å². The Bertz CT molecular complexity index is 466. The van der Waals surface area contributed by atoms with Gasteiger partial charge in [0.05, 0.1) is 11.9 Å². The maximum Gasteiger partial charge on any atom is 0.287 e. The summed E-state index contributed by atoms with van der Waals surface area (Å²) in [5.74, 6) is 0.906. The van der Waals surface area contributed by atoms with Crippen LogP contribution in [0.2, 0.25) is 5.02 Å². The van der Waals surface area contributed by atoms with E-state index in [0.29, 0.717) is 12.2 Å². The number of rotatable bonds is 6. The molecule has 1 aliphatic rings. The van der Waals surface area contributed by atoms with Crippen LogP contribution in [0, 0.1) is 5.92 Å². The minimum absolute atomic E-state index is 0.218. The normalized spacial score (nSPS) is 15.9. The largest absolute Gasteiger partial charge is 0.382 e. The third kappa shape index (κ3) is 3.72. The average molecular weight is 284 g/mol. The molecule has 0 aliphatic heterocycles. The number of nitrogens with zero attached hydrogens (tertiary/aromatic N) is 2. The summed E-state index contributed by atoms with van der Waals surface area (Å²) < 4.78 is 1.37. The molecule has 19 heavy (non-hydrogen) atoms. The van der Waals surface area contributed by atoms with Gasteiger partial charge in [0, 0.05) is 13.1 Å². The smallest absolute Gasteiger partial charge is 0.287 e. The molecule has 0 radical (unpaired) electrons. The molecule has 5 heteroatoms. The third-order valence-electron chi connectivity index (χ3n) is 3.86. The van der Waals surface area contributed by atoms with Gasteiger partial charge in [0.2, 0.25) is 0 Å². The standard InChI is InChI=1S/C14H22ClN3O/c1-2-18-14(19)13(15)12(10-17-18)16-9-5-8-11-6-3-4-7-11/h10-11,16H,2-9H2,1H3. The summed E-state index contributed by atoms with van der Waals surface area (Å²) in [5.41, 5.74) is 0.438. The van der Waals surface area contributed by atoms with Crippen molar-refractivity contribution in [3.05, 3.63) is 21.6 Å². The molecule has 0 aromatic carbocycles. The summed E-state index contributed by atoms with van der Waals surface area (Å²) in [6.07, 6.45) is 9.58. The van der Waals surface area contributed by atoms with E-state index < -0.39 is 0 Å². The fraction of sp³-hybridized carbons (Fsp3) is 0.714. The van der Waals surface area contributed by atoms with Gasteiger partial charge in [0.15, 0.2) is 0 Å². The molecule has 1 fully saturated rings. The van der Waals surface area contributed by atoms with Crippen LogP contribution in [-0.4, -0.2) is 16.3 Å². The number of aromatic nitrogens is 2. The summed E-state index contributed by atoms with van der Waals surface area (Å²) in [7, 11) is 0. The lowest BCUT2D eigenvalue weighted by atomic mass is 10.0. The fourth-order valence-electron chi connectivity index (χ4n) is 2.73. The van der Waals surface area contributed by atoms with E-state index in [1.54, 1.807) is 6.20 Å². The maximum atomic E-state index is 11.8. The number of anilines is 1. The molecule has 106 valence electrons. The molecule has 0 unspecified atom stereocenters. The van der Waals surface area contributed by atoms with Crippen LogP contribution in [0.5, 0.6) is 0 Å². The van der Waals surface area contributed by atoms with Crippen molar-refractivity contribution in [2.75, 3.05) is 11.9 Å². The quantitative estimate of drug-likeness (QED) is 0.815. The van der Waals surface area contributed by atoms with Crippen molar-refractivity contribution in [2.45, 2.75) is 52.0 Å². The molecule has 1 N–H and O–H groups in total. The number of aryl methyl sites for hydroxylation is 1. The molecule has 1 aliphatic carbocycles. The van der Waals surface area contributed by atoms with Crippen molar-refractivity contribution in [1.29, 1.82) is 0 Å². The molecule has 1 saturated carbocycles.